The molecule has 1 aromatic carbocycles. The zero-order valence-corrected chi connectivity index (χ0v) is 12.8. The lowest BCUT2D eigenvalue weighted by Gasteiger charge is -2.09. The summed E-state index contributed by atoms with van der Waals surface area (Å²) in [6.07, 6.45) is 1.83. The summed E-state index contributed by atoms with van der Waals surface area (Å²) in [4.78, 5) is 22.1. The number of nitrogens with one attached hydrogen (secondary N) is 1. The summed E-state index contributed by atoms with van der Waals surface area (Å²) in [6, 6.07) is 2.26. The maximum absolute atomic E-state index is 12.0. The van der Waals surface area contributed by atoms with E-state index in [1.807, 2.05) is 0 Å². The van der Waals surface area contributed by atoms with Gasteiger partial charge in [0.1, 0.15) is 0 Å². The summed E-state index contributed by atoms with van der Waals surface area (Å²) in [6.45, 7) is 4.69. The van der Waals surface area contributed by atoms with Gasteiger partial charge in [0.15, 0.2) is 0 Å². The molecular weight excluding hydrogens is 303 g/mol. The molecule has 0 aromatic heterocycles. The molecule has 0 spiro atoms. The molecule has 0 bridgehead atoms. The third-order valence-electron chi connectivity index (χ3n) is 2.71. The molecule has 0 aliphatic rings. The lowest BCUT2D eigenvalue weighted by Crippen LogP contribution is -2.25. The molecule has 1 aromatic rings. The van der Waals surface area contributed by atoms with Gasteiger partial charge in [-0.15, -0.1) is 0 Å². The van der Waals surface area contributed by atoms with Crippen LogP contribution in [0.5, 0.6) is 0 Å². The Kier molecular flexibility index (Phi) is 6.23. The van der Waals surface area contributed by atoms with Gasteiger partial charge in [-0.05, 0) is 18.8 Å². The van der Waals surface area contributed by atoms with Crippen LogP contribution in [0, 0.1) is 16.0 Å². The van der Waals surface area contributed by atoms with Crippen LogP contribution in [-0.2, 0) is 0 Å². The van der Waals surface area contributed by atoms with Crippen molar-refractivity contribution in [1.82, 2.24) is 5.32 Å². The van der Waals surface area contributed by atoms with Crippen molar-refractivity contribution in [2.75, 3.05) is 6.54 Å². The first kappa shape index (κ1) is 16.7. The van der Waals surface area contributed by atoms with E-state index < -0.39 is 10.8 Å². The Balaban J connectivity index is 2.79. The average molecular weight is 319 g/mol. The Hall–Kier alpha value is -1.33. The number of nitro benzene ring substituents is 1. The van der Waals surface area contributed by atoms with Crippen molar-refractivity contribution in [3.8, 4) is 0 Å². The molecule has 7 heteroatoms. The molecular formula is C13H16Cl2N2O3. The molecule has 0 radical (unpaired) electrons. The summed E-state index contributed by atoms with van der Waals surface area (Å²) in [5.74, 6) is 0.104. The maximum atomic E-state index is 12.0. The molecule has 0 aliphatic carbocycles. The Morgan fingerprint density at radius 2 is 2.05 bits per heavy atom. The number of nitrogens with zero attached hydrogens (tertiary/aromatic N) is 1. The van der Waals surface area contributed by atoms with Crippen molar-refractivity contribution < 1.29 is 9.72 Å². The van der Waals surface area contributed by atoms with E-state index in [-0.39, 0.29) is 21.3 Å². The van der Waals surface area contributed by atoms with Gasteiger partial charge in [0.2, 0.25) is 0 Å². The minimum absolute atomic E-state index is 0.00630. The number of hydrogen-bond donors (Lipinski definition) is 1. The minimum Gasteiger partial charge on any atom is -0.352 e. The van der Waals surface area contributed by atoms with E-state index in [0.717, 1.165) is 25.0 Å². The van der Waals surface area contributed by atoms with E-state index in [4.69, 9.17) is 23.2 Å². The summed E-state index contributed by atoms with van der Waals surface area (Å²) < 4.78 is 0. The number of halogens is 2. The number of non-ortho nitro benzene ring substituents is 1. The van der Waals surface area contributed by atoms with Crippen molar-refractivity contribution in [3.05, 3.63) is 37.9 Å². The van der Waals surface area contributed by atoms with Crippen molar-refractivity contribution in [3.63, 3.8) is 0 Å². The fourth-order valence-corrected chi connectivity index (χ4v) is 2.06. The first-order chi connectivity index (χ1) is 9.32. The van der Waals surface area contributed by atoms with Crippen LogP contribution in [0.15, 0.2) is 12.1 Å². The minimum atomic E-state index is -0.613. The average Bonchev–Trinajstić information content (AvgIpc) is 2.36. The Morgan fingerprint density at radius 1 is 1.40 bits per heavy atom. The predicted molar refractivity (Wildman–Crippen MR) is 79.5 cm³/mol. The highest BCUT2D eigenvalue weighted by molar-refractivity contribution is 6.44. The summed E-state index contributed by atoms with van der Waals surface area (Å²) in [5, 5.41) is 13.5. The van der Waals surface area contributed by atoms with Gasteiger partial charge < -0.3 is 5.32 Å². The molecule has 1 rings (SSSR count). The first-order valence-corrected chi connectivity index (χ1v) is 7.00. The molecule has 0 unspecified atom stereocenters. The highest BCUT2D eigenvalue weighted by Crippen LogP contribution is 2.30. The van der Waals surface area contributed by atoms with Gasteiger partial charge in [-0.2, -0.15) is 0 Å². The maximum Gasteiger partial charge on any atom is 0.271 e. The van der Waals surface area contributed by atoms with Gasteiger partial charge in [-0.3, -0.25) is 14.9 Å². The molecule has 20 heavy (non-hydrogen) atoms. The third kappa shape index (κ3) is 4.65. The number of hydrogen-bond acceptors (Lipinski definition) is 3. The van der Waals surface area contributed by atoms with Crippen LogP contribution in [0.2, 0.25) is 10.0 Å². The van der Waals surface area contributed by atoms with Crippen molar-refractivity contribution in [2.45, 2.75) is 26.7 Å². The Morgan fingerprint density at radius 3 is 2.60 bits per heavy atom. The molecule has 5 nitrogen and oxygen atoms in total. The summed E-state index contributed by atoms with van der Waals surface area (Å²) >= 11 is 11.7. The summed E-state index contributed by atoms with van der Waals surface area (Å²) in [5.41, 5.74) is -0.234. The van der Waals surface area contributed by atoms with Crippen LogP contribution < -0.4 is 5.32 Å². The number of benzene rings is 1. The Labute approximate surface area is 127 Å². The van der Waals surface area contributed by atoms with E-state index in [1.165, 1.54) is 0 Å². The normalized spacial score (nSPS) is 10.7. The fourth-order valence-electron chi connectivity index (χ4n) is 1.65. The van der Waals surface area contributed by atoms with E-state index in [9.17, 15) is 14.9 Å². The van der Waals surface area contributed by atoms with Gasteiger partial charge in [0.25, 0.3) is 11.6 Å². The second-order valence-electron chi connectivity index (χ2n) is 4.84. The van der Waals surface area contributed by atoms with Crippen molar-refractivity contribution in [1.29, 1.82) is 0 Å². The number of amides is 1. The Bertz CT molecular complexity index is 519. The third-order valence-corrected chi connectivity index (χ3v) is 3.51. The second kappa shape index (κ2) is 7.45. The van der Waals surface area contributed by atoms with Gasteiger partial charge in [-0.1, -0.05) is 37.0 Å². The molecule has 0 fully saturated rings. The molecule has 0 atom stereocenters. The van der Waals surface area contributed by atoms with E-state index in [1.54, 1.807) is 0 Å². The SMILES string of the molecule is CC(C)CCCNC(=O)c1cc([N+](=O)[O-])cc(Cl)c1Cl. The zero-order chi connectivity index (χ0) is 15.3. The van der Waals surface area contributed by atoms with Crippen LogP contribution >= 0.6 is 23.2 Å². The molecule has 1 N–H and O–H groups in total. The molecule has 110 valence electrons. The van der Waals surface area contributed by atoms with E-state index in [2.05, 4.69) is 19.2 Å². The first-order valence-electron chi connectivity index (χ1n) is 6.24. The zero-order valence-electron chi connectivity index (χ0n) is 11.3. The lowest BCUT2D eigenvalue weighted by atomic mass is 10.1. The highest BCUT2D eigenvalue weighted by atomic mass is 35.5. The molecule has 0 saturated heterocycles. The van der Waals surface area contributed by atoms with Gasteiger partial charge in [0, 0.05) is 18.7 Å². The van der Waals surface area contributed by atoms with Crippen LogP contribution in [0.4, 0.5) is 5.69 Å². The largest absolute Gasteiger partial charge is 0.352 e. The van der Waals surface area contributed by atoms with Crippen molar-refractivity contribution in [2.24, 2.45) is 5.92 Å². The van der Waals surface area contributed by atoms with Crippen LogP contribution in [0.25, 0.3) is 0 Å². The summed E-state index contributed by atoms with van der Waals surface area (Å²) in [7, 11) is 0. The predicted octanol–water partition coefficient (Wildman–Crippen LogP) is 4.07. The second-order valence-corrected chi connectivity index (χ2v) is 5.62. The number of nitro groups is 1. The molecule has 0 aliphatic heterocycles. The van der Waals surface area contributed by atoms with Crippen LogP contribution in [-0.4, -0.2) is 17.4 Å². The quantitative estimate of drug-likeness (QED) is 0.488. The lowest BCUT2D eigenvalue weighted by molar-refractivity contribution is -0.384. The molecule has 0 saturated carbocycles. The van der Waals surface area contributed by atoms with E-state index >= 15 is 0 Å². The van der Waals surface area contributed by atoms with Gasteiger partial charge in [-0.25, -0.2) is 0 Å². The number of carbonyl (C=O) groups is 1. The van der Waals surface area contributed by atoms with Crippen molar-refractivity contribution >= 4 is 34.8 Å². The van der Waals surface area contributed by atoms with Gasteiger partial charge >= 0.3 is 0 Å². The van der Waals surface area contributed by atoms with Crippen LogP contribution in [0.3, 0.4) is 0 Å². The topological polar surface area (TPSA) is 72.2 Å². The van der Waals surface area contributed by atoms with Gasteiger partial charge in [0.05, 0.1) is 20.5 Å². The monoisotopic (exact) mass is 318 g/mol. The smallest absolute Gasteiger partial charge is 0.271 e. The molecule has 0 heterocycles. The van der Waals surface area contributed by atoms with Crippen LogP contribution in [0.1, 0.15) is 37.0 Å². The fraction of sp³-hybridized carbons (Fsp3) is 0.462. The molecule has 1 amide bonds. The standard InChI is InChI=1S/C13H16Cl2N2O3/c1-8(2)4-3-5-16-13(18)10-6-9(17(19)20)7-11(14)12(10)15/h6-8H,3-5H2,1-2H3,(H,16,18). The number of carbonyl (C=O) groups excluding carboxylic acids is 1. The highest BCUT2D eigenvalue weighted by Gasteiger charge is 2.19. The van der Waals surface area contributed by atoms with E-state index in [0.29, 0.717) is 12.5 Å². The number of rotatable bonds is 6.